The van der Waals surface area contributed by atoms with Gasteiger partial charge in [-0.2, -0.15) is 0 Å². The Morgan fingerprint density at radius 2 is 2.05 bits per heavy atom. The molecule has 1 aromatic heterocycles. The largest absolute Gasteiger partial charge is 0.480 e. The number of anilines is 2. The van der Waals surface area contributed by atoms with E-state index < -0.39 is 0 Å². The van der Waals surface area contributed by atoms with Crippen LogP contribution in [0.1, 0.15) is 5.56 Å². The van der Waals surface area contributed by atoms with Gasteiger partial charge < -0.3 is 15.4 Å². The van der Waals surface area contributed by atoms with E-state index in [9.17, 15) is 9.59 Å². The zero-order chi connectivity index (χ0) is 15.5. The van der Waals surface area contributed by atoms with Crippen LogP contribution in [-0.2, 0) is 16.0 Å². The SMILES string of the molecule is O=C(Cc1ccc(Cl)cc1)Nc1ccc2c(n1)NC(=O)CO2. The Kier molecular flexibility index (Phi) is 3.93. The van der Waals surface area contributed by atoms with Crippen molar-refractivity contribution in [2.24, 2.45) is 0 Å². The first-order valence-corrected chi connectivity index (χ1v) is 6.96. The highest BCUT2D eigenvalue weighted by Crippen LogP contribution is 2.26. The third kappa shape index (κ3) is 3.35. The predicted molar refractivity (Wildman–Crippen MR) is 82.1 cm³/mol. The number of benzene rings is 1. The first-order valence-electron chi connectivity index (χ1n) is 6.58. The number of hydrogen-bond acceptors (Lipinski definition) is 4. The van der Waals surface area contributed by atoms with Crippen LogP contribution in [0.15, 0.2) is 36.4 Å². The van der Waals surface area contributed by atoms with E-state index in [0.717, 1.165) is 5.56 Å². The van der Waals surface area contributed by atoms with Gasteiger partial charge in [0.05, 0.1) is 6.42 Å². The van der Waals surface area contributed by atoms with Gasteiger partial charge in [0.15, 0.2) is 18.2 Å². The molecule has 0 saturated carbocycles. The summed E-state index contributed by atoms with van der Waals surface area (Å²) >= 11 is 5.80. The van der Waals surface area contributed by atoms with Crippen LogP contribution in [0.5, 0.6) is 5.75 Å². The van der Waals surface area contributed by atoms with Gasteiger partial charge in [0.25, 0.3) is 5.91 Å². The lowest BCUT2D eigenvalue weighted by Crippen LogP contribution is -2.26. The number of carbonyl (C=O) groups excluding carboxylic acids is 2. The molecule has 0 fully saturated rings. The quantitative estimate of drug-likeness (QED) is 0.910. The van der Waals surface area contributed by atoms with Gasteiger partial charge in [0.1, 0.15) is 5.82 Å². The van der Waals surface area contributed by atoms with Gasteiger partial charge in [-0.05, 0) is 29.8 Å². The van der Waals surface area contributed by atoms with Crippen molar-refractivity contribution in [2.45, 2.75) is 6.42 Å². The van der Waals surface area contributed by atoms with Crippen molar-refractivity contribution in [1.29, 1.82) is 0 Å². The Morgan fingerprint density at radius 1 is 1.27 bits per heavy atom. The molecule has 0 radical (unpaired) electrons. The van der Waals surface area contributed by atoms with Crippen LogP contribution in [0.2, 0.25) is 5.02 Å². The minimum atomic E-state index is -0.273. The zero-order valence-corrected chi connectivity index (χ0v) is 12.2. The maximum atomic E-state index is 12.0. The van der Waals surface area contributed by atoms with Crippen molar-refractivity contribution < 1.29 is 14.3 Å². The minimum Gasteiger partial charge on any atom is -0.480 e. The number of pyridine rings is 1. The number of halogens is 1. The van der Waals surface area contributed by atoms with Gasteiger partial charge >= 0.3 is 0 Å². The Labute approximate surface area is 131 Å². The number of carbonyl (C=O) groups is 2. The van der Waals surface area contributed by atoms with Crippen molar-refractivity contribution in [3.63, 3.8) is 0 Å². The number of aromatic nitrogens is 1. The van der Waals surface area contributed by atoms with Crippen molar-refractivity contribution in [3.05, 3.63) is 47.0 Å². The lowest BCUT2D eigenvalue weighted by Gasteiger charge is -2.17. The molecule has 3 rings (SSSR count). The van der Waals surface area contributed by atoms with Crippen LogP contribution in [-0.4, -0.2) is 23.4 Å². The molecule has 0 aliphatic carbocycles. The number of fused-ring (bicyclic) bond motifs is 1. The van der Waals surface area contributed by atoms with Gasteiger partial charge in [0.2, 0.25) is 5.91 Å². The molecule has 2 amide bonds. The van der Waals surface area contributed by atoms with E-state index in [1.165, 1.54) is 0 Å². The van der Waals surface area contributed by atoms with Crippen molar-refractivity contribution in [1.82, 2.24) is 4.98 Å². The standard InChI is InChI=1S/C15H12ClN3O3/c16-10-3-1-9(2-4-10)7-13(20)17-12-6-5-11-15(18-12)19-14(21)8-22-11/h1-6H,7-8H2,(H2,17,18,19,20,21). The van der Waals surface area contributed by atoms with E-state index in [4.69, 9.17) is 16.3 Å². The summed E-state index contributed by atoms with van der Waals surface area (Å²) in [5, 5.41) is 5.89. The van der Waals surface area contributed by atoms with Crippen molar-refractivity contribution in [3.8, 4) is 5.75 Å². The van der Waals surface area contributed by atoms with Crippen LogP contribution in [0.3, 0.4) is 0 Å². The van der Waals surface area contributed by atoms with E-state index in [1.807, 2.05) is 0 Å². The molecule has 22 heavy (non-hydrogen) atoms. The fourth-order valence-corrected chi connectivity index (χ4v) is 2.13. The lowest BCUT2D eigenvalue weighted by atomic mass is 10.1. The van der Waals surface area contributed by atoms with Gasteiger partial charge in [0, 0.05) is 5.02 Å². The first kappa shape index (κ1) is 14.3. The third-order valence-corrected chi connectivity index (χ3v) is 3.27. The highest BCUT2D eigenvalue weighted by molar-refractivity contribution is 6.30. The number of rotatable bonds is 3. The topological polar surface area (TPSA) is 80.3 Å². The average Bonchev–Trinajstić information content (AvgIpc) is 2.49. The van der Waals surface area contributed by atoms with Gasteiger partial charge in [-0.1, -0.05) is 23.7 Å². The van der Waals surface area contributed by atoms with E-state index in [2.05, 4.69) is 15.6 Å². The third-order valence-electron chi connectivity index (χ3n) is 3.02. The Bertz CT molecular complexity index is 731. The minimum absolute atomic E-state index is 0.0308. The summed E-state index contributed by atoms with van der Waals surface area (Å²) in [6.07, 6.45) is 0.207. The summed E-state index contributed by atoms with van der Waals surface area (Å²) in [4.78, 5) is 27.4. The van der Waals surface area contributed by atoms with Crippen LogP contribution in [0.4, 0.5) is 11.6 Å². The monoisotopic (exact) mass is 317 g/mol. The highest BCUT2D eigenvalue weighted by atomic mass is 35.5. The van der Waals surface area contributed by atoms with E-state index in [-0.39, 0.29) is 24.8 Å². The molecule has 1 aliphatic heterocycles. The summed E-state index contributed by atoms with van der Waals surface area (Å²) < 4.78 is 5.20. The molecular weight excluding hydrogens is 306 g/mol. The van der Waals surface area contributed by atoms with Crippen LogP contribution in [0.25, 0.3) is 0 Å². The molecule has 2 N–H and O–H groups in total. The number of nitrogens with zero attached hydrogens (tertiary/aromatic N) is 1. The molecule has 0 bridgehead atoms. The lowest BCUT2D eigenvalue weighted by molar-refractivity contribution is -0.118. The summed E-state index contributed by atoms with van der Waals surface area (Å²) in [6.45, 7) is -0.0308. The second-order valence-electron chi connectivity index (χ2n) is 4.73. The maximum Gasteiger partial charge on any atom is 0.263 e. The molecule has 7 heteroatoms. The van der Waals surface area contributed by atoms with Crippen LogP contribution in [0, 0.1) is 0 Å². The number of hydrogen-bond donors (Lipinski definition) is 2. The van der Waals surface area contributed by atoms with Gasteiger partial charge in [-0.25, -0.2) is 4.98 Å². The smallest absolute Gasteiger partial charge is 0.263 e. The number of amides is 2. The summed E-state index contributed by atoms with van der Waals surface area (Å²) in [5.74, 6) is 0.654. The van der Waals surface area contributed by atoms with Crippen LogP contribution < -0.4 is 15.4 Å². The van der Waals surface area contributed by atoms with Crippen molar-refractivity contribution in [2.75, 3.05) is 17.2 Å². The molecule has 0 saturated heterocycles. The second kappa shape index (κ2) is 6.03. The molecule has 112 valence electrons. The fourth-order valence-electron chi connectivity index (χ4n) is 2.01. The zero-order valence-electron chi connectivity index (χ0n) is 11.4. The molecule has 1 aliphatic rings. The predicted octanol–water partition coefficient (Wildman–Crippen LogP) is 2.25. The van der Waals surface area contributed by atoms with Crippen LogP contribution >= 0.6 is 11.6 Å². The molecule has 2 aromatic rings. The molecular formula is C15H12ClN3O3. The Morgan fingerprint density at radius 3 is 2.82 bits per heavy atom. The second-order valence-corrected chi connectivity index (χ2v) is 5.17. The fraction of sp³-hybridized carbons (Fsp3) is 0.133. The van der Waals surface area contributed by atoms with E-state index >= 15 is 0 Å². The Balaban J connectivity index is 1.67. The molecule has 1 aromatic carbocycles. The summed E-state index contributed by atoms with van der Waals surface area (Å²) in [5.41, 5.74) is 0.844. The summed E-state index contributed by atoms with van der Waals surface area (Å²) in [7, 11) is 0. The molecule has 2 heterocycles. The Hall–Kier alpha value is -2.60. The van der Waals surface area contributed by atoms with Gasteiger partial charge in [-0.3, -0.25) is 9.59 Å². The molecule has 6 nitrogen and oxygen atoms in total. The number of ether oxygens (including phenoxy) is 1. The summed E-state index contributed by atoms with van der Waals surface area (Å²) in [6, 6.07) is 10.3. The van der Waals surface area contributed by atoms with Crippen molar-refractivity contribution >= 4 is 35.1 Å². The average molecular weight is 318 g/mol. The normalized spacial score (nSPS) is 12.9. The molecule has 0 atom stereocenters. The molecule has 0 unspecified atom stereocenters. The molecule has 0 spiro atoms. The van der Waals surface area contributed by atoms with E-state index in [0.29, 0.717) is 22.4 Å². The maximum absolute atomic E-state index is 12.0. The number of nitrogens with one attached hydrogen (secondary N) is 2. The highest BCUT2D eigenvalue weighted by Gasteiger charge is 2.17. The van der Waals surface area contributed by atoms with E-state index in [1.54, 1.807) is 36.4 Å². The van der Waals surface area contributed by atoms with Gasteiger partial charge in [-0.15, -0.1) is 0 Å². The first-order chi connectivity index (χ1) is 10.6.